The molecule has 3 rings (SSSR count). The first-order valence-electron chi connectivity index (χ1n) is 8.82. The highest BCUT2D eigenvalue weighted by Gasteiger charge is 2.26. The van der Waals surface area contributed by atoms with Gasteiger partial charge in [-0.3, -0.25) is 9.78 Å². The molecule has 1 fully saturated rings. The van der Waals surface area contributed by atoms with E-state index in [2.05, 4.69) is 42.2 Å². The van der Waals surface area contributed by atoms with E-state index in [1.807, 2.05) is 25.1 Å². The highest BCUT2D eigenvalue weighted by molar-refractivity contribution is 5.86. The van der Waals surface area contributed by atoms with Crippen LogP contribution >= 0.6 is 0 Å². The topological polar surface area (TPSA) is 45.2 Å². The fourth-order valence-corrected chi connectivity index (χ4v) is 3.75. The quantitative estimate of drug-likeness (QED) is 0.943. The van der Waals surface area contributed by atoms with Crippen LogP contribution in [0.25, 0.3) is 10.9 Å². The molecule has 0 saturated carbocycles. The third kappa shape index (κ3) is 3.29. The minimum Gasteiger partial charge on any atom is -0.352 e. The monoisotopic (exact) mass is 325 g/mol. The van der Waals surface area contributed by atoms with E-state index < -0.39 is 0 Å². The van der Waals surface area contributed by atoms with Crippen LogP contribution in [0.15, 0.2) is 24.3 Å². The summed E-state index contributed by atoms with van der Waals surface area (Å²) in [6, 6.07) is 8.76. The zero-order valence-electron chi connectivity index (χ0n) is 15.1. The number of carbonyl (C=O) groups is 1. The van der Waals surface area contributed by atoms with Gasteiger partial charge < -0.3 is 10.2 Å². The number of likely N-dealkylation sites (N-methyl/N-ethyl adjacent to an activating group) is 1. The summed E-state index contributed by atoms with van der Waals surface area (Å²) in [7, 11) is 2.13. The molecule has 1 amide bonds. The Hall–Kier alpha value is -1.94. The Kier molecular flexibility index (Phi) is 4.86. The molecule has 1 N–H and O–H groups in total. The van der Waals surface area contributed by atoms with Crippen molar-refractivity contribution in [1.29, 1.82) is 0 Å². The molecule has 24 heavy (non-hydrogen) atoms. The largest absolute Gasteiger partial charge is 0.352 e. The molecule has 1 saturated heterocycles. The number of rotatable bonds is 3. The second kappa shape index (κ2) is 6.89. The smallest absolute Gasteiger partial charge is 0.224 e. The van der Waals surface area contributed by atoms with E-state index in [4.69, 9.17) is 0 Å². The van der Waals surface area contributed by atoms with Crippen LogP contribution in [0, 0.1) is 13.8 Å². The number of likely N-dealkylation sites (tertiary alicyclic amines) is 1. The summed E-state index contributed by atoms with van der Waals surface area (Å²) < 4.78 is 0. The third-order valence-corrected chi connectivity index (χ3v) is 5.47. The summed E-state index contributed by atoms with van der Waals surface area (Å²) in [5.74, 6) is 0.102. The normalized spacial score (nSPS) is 21.8. The number of aryl methyl sites for hydroxylation is 2. The molecule has 0 bridgehead atoms. The van der Waals surface area contributed by atoms with Crippen LogP contribution in [-0.2, 0) is 11.2 Å². The van der Waals surface area contributed by atoms with Crippen LogP contribution < -0.4 is 5.32 Å². The van der Waals surface area contributed by atoms with Crippen LogP contribution in [-0.4, -0.2) is 41.5 Å². The summed E-state index contributed by atoms with van der Waals surface area (Å²) in [5.41, 5.74) is 4.18. The lowest BCUT2D eigenvalue weighted by Gasteiger charge is -2.37. The molecular formula is C20H27N3O. The van der Waals surface area contributed by atoms with Crippen LogP contribution in [0.2, 0.25) is 0 Å². The number of hydrogen-bond donors (Lipinski definition) is 1. The zero-order chi connectivity index (χ0) is 17.3. The molecule has 128 valence electrons. The molecule has 2 heterocycles. The zero-order valence-corrected chi connectivity index (χ0v) is 15.1. The predicted molar refractivity (Wildman–Crippen MR) is 98.2 cm³/mol. The van der Waals surface area contributed by atoms with E-state index in [9.17, 15) is 4.79 Å². The molecule has 0 aliphatic carbocycles. The number of pyridine rings is 1. The number of piperidine rings is 1. The average Bonchev–Trinajstić information content (AvgIpc) is 2.56. The Morgan fingerprint density at radius 3 is 2.88 bits per heavy atom. The summed E-state index contributed by atoms with van der Waals surface area (Å²) >= 11 is 0. The van der Waals surface area contributed by atoms with Crippen LogP contribution in [0.4, 0.5) is 0 Å². The second-order valence-corrected chi connectivity index (χ2v) is 7.03. The Labute approximate surface area is 144 Å². The highest BCUT2D eigenvalue weighted by Crippen LogP contribution is 2.23. The van der Waals surface area contributed by atoms with Crippen molar-refractivity contribution >= 4 is 16.8 Å². The maximum Gasteiger partial charge on any atom is 0.224 e. The lowest BCUT2D eigenvalue weighted by molar-refractivity contribution is -0.121. The first-order valence-corrected chi connectivity index (χ1v) is 8.82. The number of carbonyl (C=O) groups excluding carboxylic acids is 1. The maximum atomic E-state index is 12.6. The molecule has 0 spiro atoms. The molecule has 4 heteroatoms. The van der Waals surface area contributed by atoms with Crippen LogP contribution in [0.3, 0.4) is 0 Å². The summed E-state index contributed by atoms with van der Waals surface area (Å²) in [5, 5.41) is 4.38. The Morgan fingerprint density at radius 2 is 2.08 bits per heavy atom. The van der Waals surface area contributed by atoms with Gasteiger partial charge in [-0.15, -0.1) is 0 Å². The molecule has 1 aromatic heterocycles. The van der Waals surface area contributed by atoms with E-state index in [-0.39, 0.29) is 11.9 Å². The number of aromatic nitrogens is 1. The standard InChI is InChI=1S/C20H27N3O/c1-13-16-8-5-6-9-19(16)21-14(2)17(13)12-20(24)22-18-10-7-11-23(4)15(18)3/h5-6,8-9,15,18H,7,10-12H2,1-4H3,(H,22,24)/t15-,18-/m0/s1. The van der Waals surface area contributed by atoms with E-state index in [0.717, 1.165) is 41.5 Å². The molecule has 0 unspecified atom stereocenters. The number of amides is 1. The van der Waals surface area contributed by atoms with Crippen molar-refractivity contribution in [2.24, 2.45) is 0 Å². The molecule has 2 aromatic rings. The van der Waals surface area contributed by atoms with E-state index >= 15 is 0 Å². The lowest BCUT2D eigenvalue weighted by atomic mass is 9.96. The molecular weight excluding hydrogens is 298 g/mol. The molecule has 2 atom stereocenters. The van der Waals surface area contributed by atoms with Crippen LogP contribution in [0.5, 0.6) is 0 Å². The molecule has 1 aromatic carbocycles. The number of nitrogens with zero attached hydrogens (tertiary/aromatic N) is 2. The number of hydrogen-bond acceptors (Lipinski definition) is 3. The lowest BCUT2D eigenvalue weighted by Crippen LogP contribution is -2.52. The maximum absolute atomic E-state index is 12.6. The Balaban J connectivity index is 1.78. The summed E-state index contributed by atoms with van der Waals surface area (Å²) in [6.45, 7) is 7.40. The third-order valence-electron chi connectivity index (χ3n) is 5.47. The Bertz CT molecular complexity index is 756. The van der Waals surface area contributed by atoms with Crippen molar-refractivity contribution in [1.82, 2.24) is 15.2 Å². The molecule has 0 radical (unpaired) electrons. The van der Waals surface area contributed by atoms with Crippen molar-refractivity contribution < 1.29 is 4.79 Å². The Morgan fingerprint density at radius 1 is 1.33 bits per heavy atom. The first-order chi connectivity index (χ1) is 11.5. The fourth-order valence-electron chi connectivity index (χ4n) is 3.75. The van der Waals surface area contributed by atoms with Gasteiger partial charge in [0.05, 0.1) is 11.9 Å². The van der Waals surface area contributed by atoms with Crippen molar-refractivity contribution in [2.45, 2.75) is 52.1 Å². The highest BCUT2D eigenvalue weighted by atomic mass is 16.1. The van der Waals surface area contributed by atoms with E-state index in [1.54, 1.807) is 0 Å². The van der Waals surface area contributed by atoms with Gasteiger partial charge in [-0.05, 0) is 64.4 Å². The van der Waals surface area contributed by atoms with Gasteiger partial charge in [0.15, 0.2) is 0 Å². The molecule has 1 aliphatic rings. The minimum atomic E-state index is 0.102. The van der Waals surface area contributed by atoms with Crippen molar-refractivity contribution in [3.63, 3.8) is 0 Å². The van der Waals surface area contributed by atoms with Crippen molar-refractivity contribution in [3.8, 4) is 0 Å². The van der Waals surface area contributed by atoms with Crippen molar-refractivity contribution in [2.75, 3.05) is 13.6 Å². The first kappa shape index (κ1) is 16.9. The molecule has 4 nitrogen and oxygen atoms in total. The van der Waals surface area contributed by atoms with Gasteiger partial charge >= 0.3 is 0 Å². The van der Waals surface area contributed by atoms with Gasteiger partial charge in [0.25, 0.3) is 0 Å². The van der Waals surface area contributed by atoms with Gasteiger partial charge in [-0.2, -0.15) is 0 Å². The predicted octanol–water partition coefficient (Wildman–Crippen LogP) is 2.99. The number of nitrogens with one attached hydrogen (secondary N) is 1. The minimum absolute atomic E-state index is 0.102. The second-order valence-electron chi connectivity index (χ2n) is 7.03. The van der Waals surface area contributed by atoms with Gasteiger partial charge in [0.2, 0.25) is 5.91 Å². The van der Waals surface area contributed by atoms with Gasteiger partial charge in [0.1, 0.15) is 0 Å². The van der Waals surface area contributed by atoms with Crippen LogP contribution in [0.1, 0.15) is 36.6 Å². The number of fused-ring (bicyclic) bond motifs is 1. The van der Waals surface area contributed by atoms with Gasteiger partial charge in [-0.1, -0.05) is 18.2 Å². The number of benzene rings is 1. The van der Waals surface area contributed by atoms with E-state index in [1.165, 1.54) is 5.56 Å². The van der Waals surface area contributed by atoms with Gasteiger partial charge in [-0.25, -0.2) is 0 Å². The van der Waals surface area contributed by atoms with Crippen molar-refractivity contribution in [3.05, 3.63) is 41.1 Å². The van der Waals surface area contributed by atoms with E-state index in [0.29, 0.717) is 12.5 Å². The number of para-hydroxylation sites is 1. The molecule has 1 aliphatic heterocycles. The summed E-state index contributed by atoms with van der Waals surface area (Å²) in [6.07, 6.45) is 2.61. The fraction of sp³-hybridized carbons (Fsp3) is 0.500. The summed E-state index contributed by atoms with van der Waals surface area (Å²) in [4.78, 5) is 19.6. The average molecular weight is 325 g/mol. The van der Waals surface area contributed by atoms with Gasteiger partial charge in [0, 0.05) is 23.2 Å². The SMILES string of the molecule is Cc1nc2ccccc2c(C)c1CC(=O)N[C@H]1CCCN(C)[C@H]1C.